The molecule has 0 radical (unpaired) electrons. The van der Waals surface area contributed by atoms with Crippen LogP contribution in [0.1, 0.15) is 28.4 Å². The summed E-state index contributed by atoms with van der Waals surface area (Å²) < 4.78 is 16.7. The van der Waals surface area contributed by atoms with E-state index in [-0.39, 0.29) is 18.0 Å². The van der Waals surface area contributed by atoms with Crippen molar-refractivity contribution >= 4 is 5.78 Å². The van der Waals surface area contributed by atoms with Crippen LogP contribution in [0, 0.1) is 0 Å². The summed E-state index contributed by atoms with van der Waals surface area (Å²) in [6.07, 6.45) is -7.24. The maximum atomic E-state index is 12.4. The van der Waals surface area contributed by atoms with E-state index in [1.54, 1.807) is 24.3 Å². The number of carbonyl (C=O) groups is 1. The van der Waals surface area contributed by atoms with Gasteiger partial charge in [-0.2, -0.15) is 0 Å². The zero-order valence-electron chi connectivity index (χ0n) is 15.8. The predicted molar refractivity (Wildman–Crippen MR) is 101 cm³/mol. The highest BCUT2D eigenvalue weighted by atomic mass is 16.7. The number of aliphatic hydroxyl groups excluding tert-OH is 4. The minimum absolute atomic E-state index is 0.00507. The first-order valence-corrected chi connectivity index (χ1v) is 9.47. The molecule has 4 rings (SSSR count). The van der Waals surface area contributed by atoms with Crippen molar-refractivity contribution in [1.82, 2.24) is 0 Å². The summed E-state index contributed by atoms with van der Waals surface area (Å²) in [6.45, 7) is -0.548. The molecule has 9 nitrogen and oxygen atoms in total. The Kier molecular flexibility index (Phi) is 5.63. The largest absolute Gasteiger partial charge is 0.508 e. The number of hydrogen-bond donors (Lipinski definition) is 5. The minimum atomic E-state index is -1.53. The number of benzene rings is 2. The average molecular weight is 418 g/mol. The van der Waals surface area contributed by atoms with Gasteiger partial charge in [-0.25, -0.2) is 0 Å². The van der Waals surface area contributed by atoms with Crippen molar-refractivity contribution < 1.29 is 44.5 Å². The minimum Gasteiger partial charge on any atom is -0.508 e. The quantitative estimate of drug-likeness (QED) is 0.472. The van der Waals surface area contributed by atoms with Crippen LogP contribution in [-0.2, 0) is 4.74 Å². The lowest BCUT2D eigenvalue weighted by Gasteiger charge is -2.39. The molecular formula is C21H22O9. The Hall–Kier alpha value is -2.69. The van der Waals surface area contributed by atoms with Crippen molar-refractivity contribution in [3.05, 3.63) is 53.6 Å². The van der Waals surface area contributed by atoms with E-state index in [4.69, 9.17) is 14.2 Å². The van der Waals surface area contributed by atoms with Gasteiger partial charge in [-0.15, -0.1) is 0 Å². The normalized spacial score (nSPS) is 31.0. The monoisotopic (exact) mass is 418 g/mol. The van der Waals surface area contributed by atoms with Gasteiger partial charge < -0.3 is 39.7 Å². The number of phenols is 1. The van der Waals surface area contributed by atoms with Gasteiger partial charge in [0.05, 0.1) is 18.6 Å². The van der Waals surface area contributed by atoms with E-state index in [1.165, 1.54) is 18.2 Å². The number of fused-ring (bicyclic) bond motifs is 1. The van der Waals surface area contributed by atoms with Crippen molar-refractivity contribution in [2.75, 3.05) is 6.61 Å². The molecule has 0 aromatic heterocycles. The molecule has 1 saturated heterocycles. The number of ether oxygens (including phenoxy) is 3. The summed E-state index contributed by atoms with van der Waals surface area (Å²) in [7, 11) is 0. The van der Waals surface area contributed by atoms with E-state index in [0.29, 0.717) is 22.6 Å². The third-order valence-corrected chi connectivity index (χ3v) is 5.26. The summed E-state index contributed by atoms with van der Waals surface area (Å²) in [5.41, 5.74) is 1.13. The molecule has 2 aromatic carbocycles. The third-order valence-electron chi connectivity index (χ3n) is 5.26. The Morgan fingerprint density at radius 2 is 1.73 bits per heavy atom. The van der Waals surface area contributed by atoms with Gasteiger partial charge >= 0.3 is 0 Å². The molecule has 5 N–H and O–H groups in total. The number of carbonyl (C=O) groups excluding carboxylic acids is 1. The number of Topliss-reactive ketones (excluding diaryl/α,β-unsaturated/α-hetero) is 1. The standard InChI is InChI=1S/C21H22O9/c22-9-17-18(25)19(26)20(27)21(30-17)28-12-4-1-10(2-5-12)15-8-14(24)13-6-3-11(23)7-16(13)29-15/h1-7,15,17-23,25-27H,8-9H2/t15?,17?,18-,19?,20?,21-/m1/s1. The smallest absolute Gasteiger partial charge is 0.229 e. The van der Waals surface area contributed by atoms with Crippen LogP contribution in [0.5, 0.6) is 17.2 Å². The first kappa shape index (κ1) is 20.6. The Labute approximate surface area is 171 Å². The third kappa shape index (κ3) is 3.85. The summed E-state index contributed by atoms with van der Waals surface area (Å²) in [6, 6.07) is 10.9. The van der Waals surface area contributed by atoms with Gasteiger partial charge in [-0.1, -0.05) is 12.1 Å². The maximum absolute atomic E-state index is 12.4. The molecule has 2 aromatic rings. The van der Waals surface area contributed by atoms with Crippen LogP contribution >= 0.6 is 0 Å². The van der Waals surface area contributed by atoms with Crippen LogP contribution in [0.15, 0.2) is 42.5 Å². The summed E-state index contributed by atoms with van der Waals surface area (Å²) >= 11 is 0. The number of hydrogen-bond acceptors (Lipinski definition) is 9. The van der Waals surface area contributed by atoms with Crippen LogP contribution in [0.3, 0.4) is 0 Å². The van der Waals surface area contributed by atoms with Gasteiger partial charge in [0.2, 0.25) is 6.29 Å². The lowest BCUT2D eigenvalue weighted by molar-refractivity contribution is -0.277. The van der Waals surface area contributed by atoms with Gasteiger partial charge in [0.1, 0.15) is 47.8 Å². The zero-order chi connectivity index (χ0) is 21.4. The van der Waals surface area contributed by atoms with Crippen molar-refractivity contribution in [3.63, 3.8) is 0 Å². The van der Waals surface area contributed by atoms with Gasteiger partial charge in [-0.05, 0) is 29.8 Å². The fourth-order valence-corrected chi connectivity index (χ4v) is 3.56. The van der Waals surface area contributed by atoms with E-state index >= 15 is 0 Å². The van der Waals surface area contributed by atoms with Crippen LogP contribution in [0.25, 0.3) is 0 Å². The molecule has 2 aliphatic heterocycles. The van der Waals surface area contributed by atoms with Crippen LogP contribution in [-0.4, -0.2) is 68.6 Å². The average Bonchev–Trinajstić information content (AvgIpc) is 2.74. The Bertz CT molecular complexity index is 911. The second kappa shape index (κ2) is 8.21. The van der Waals surface area contributed by atoms with E-state index in [0.717, 1.165) is 0 Å². The van der Waals surface area contributed by atoms with Crippen LogP contribution in [0.2, 0.25) is 0 Å². The molecule has 0 aliphatic carbocycles. The Morgan fingerprint density at radius 1 is 1.00 bits per heavy atom. The highest BCUT2D eigenvalue weighted by molar-refractivity contribution is 6.00. The first-order valence-electron chi connectivity index (χ1n) is 9.47. The maximum Gasteiger partial charge on any atom is 0.229 e. The van der Waals surface area contributed by atoms with E-state index in [9.17, 15) is 30.3 Å². The molecule has 0 amide bonds. The van der Waals surface area contributed by atoms with Crippen molar-refractivity contribution in [3.8, 4) is 17.2 Å². The van der Waals surface area contributed by atoms with E-state index < -0.39 is 43.4 Å². The van der Waals surface area contributed by atoms with Crippen molar-refractivity contribution in [2.45, 2.75) is 43.2 Å². The molecule has 0 saturated carbocycles. The van der Waals surface area contributed by atoms with Crippen molar-refractivity contribution in [1.29, 1.82) is 0 Å². The van der Waals surface area contributed by atoms with E-state index in [2.05, 4.69) is 0 Å². The molecule has 2 aliphatic rings. The zero-order valence-corrected chi connectivity index (χ0v) is 15.8. The van der Waals surface area contributed by atoms with Gasteiger partial charge in [0.25, 0.3) is 0 Å². The molecule has 2 heterocycles. The number of aromatic hydroxyl groups is 1. The molecule has 1 fully saturated rings. The molecule has 0 bridgehead atoms. The molecule has 6 atom stereocenters. The fraction of sp³-hybridized carbons (Fsp3) is 0.381. The number of ketones is 1. The lowest BCUT2D eigenvalue weighted by Crippen LogP contribution is -2.60. The Morgan fingerprint density at radius 3 is 2.43 bits per heavy atom. The second-order valence-corrected chi connectivity index (χ2v) is 7.30. The van der Waals surface area contributed by atoms with Gasteiger partial charge in [0, 0.05) is 6.07 Å². The summed E-state index contributed by atoms with van der Waals surface area (Å²) in [4.78, 5) is 12.4. The highest BCUT2D eigenvalue weighted by Gasteiger charge is 2.44. The van der Waals surface area contributed by atoms with E-state index in [1.807, 2.05) is 0 Å². The number of rotatable bonds is 4. The van der Waals surface area contributed by atoms with Crippen LogP contribution in [0.4, 0.5) is 0 Å². The number of phenolic OH excluding ortho intramolecular Hbond substituents is 1. The van der Waals surface area contributed by atoms with Crippen molar-refractivity contribution in [2.24, 2.45) is 0 Å². The van der Waals surface area contributed by atoms with Gasteiger partial charge in [-0.3, -0.25) is 4.79 Å². The number of aliphatic hydroxyl groups is 4. The van der Waals surface area contributed by atoms with Crippen LogP contribution < -0.4 is 9.47 Å². The Balaban J connectivity index is 1.46. The topological polar surface area (TPSA) is 146 Å². The molecule has 30 heavy (non-hydrogen) atoms. The second-order valence-electron chi connectivity index (χ2n) is 7.30. The SMILES string of the molecule is O=C1CC(c2ccc(O[C@@H]3OC(CO)[C@@H](O)C(O)C3O)cc2)Oc2cc(O)ccc21. The first-order chi connectivity index (χ1) is 14.4. The molecule has 160 valence electrons. The summed E-state index contributed by atoms with van der Waals surface area (Å²) in [5, 5.41) is 48.6. The fourth-order valence-electron chi connectivity index (χ4n) is 3.56. The lowest BCUT2D eigenvalue weighted by atomic mass is 9.96. The van der Waals surface area contributed by atoms with Gasteiger partial charge in [0.15, 0.2) is 5.78 Å². The molecule has 0 spiro atoms. The summed E-state index contributed by atoms with van der Waals surface area (Å²) in [5.74, 6) is 0.537. The predicted octanol–water partition coefficient (Wildman–Crippen LogP) is 0.277. The molecule has 9 heteroatoms. The molecule has 4 unspecified atom stereocenters. The highest BCUT2D eigenvalue weighted by Crippen LogP contribution is 2.37. The molecular weight excluding hydrogens is 396 g/mol.